The lowest BCUT2D eigenvalue weighted by Gasteiger charge is -2.16. The Morgan fingerprint density at radius 3 is 2.24 bits per heavy atom. The van der Waals surface area contributed by atoms with Gasteiger partial charge in [-0.3, -0.25) is 9.52 Å². The van der Waals surface area contributed by atoms with E-state index < -0.39 is 22.0 Å². The van der Waals surface area contributed by atoms with Crippen LogP contribution in [-0.4, -0.2) is 39.8 Å². The van der Waals surface area contributed by atoms with Crippen molar-refractivity contribution in [1.82, 2.24) is 0 Å². The number of benzene rings is 3. The first-order valence-electron chi connectivity index (χ1n) is 9.84. The number of methoxy groups -OCH3 is 2. The zero-order valence-corrected chi connectivity index (χ0v) is 19.0. The van der Waals surface area contributed by atoms with E-state index in [1.54, 1.807) is 55.6 Å². The standard InChI is InChI=1S/C23H24N2O7S/c1-15(32-17-10-8-16(30-2)9-11-17)23(27)24-20-14-18(12-13-21(20)26)33(28,29)25-19-6-4-5-7-22(19)31-3/h4-15,25-26H,1-3H3,(H,24,27). The SMILES string of the molecule is COc1ccc(OC(C)C(=O)Nc2cc(S(=O)(=O)Nc3ccccc3OC)ccc2O)cc1. The number of amides is 1. The largest absolute Gasteiger partial charge is 0.506 e. The minimum atomic E-state index is -4.03. The quantitative estimate of drug-likeness (QED) is 0.407. The van der Waals surface area contributed by atoms with Gasteiger partial charge in [-0.1, -0.05) is 12.1 Å². The molecule has 3 N–H and O–H groups in total. The number of nitrogens with one attached hydrogen (secondary N) is 2. The molecule has 1 unspecified atom stereocenters. The molecule has 10 heteroatoms. The van der Waals surface area contributed by atoms with Gasteiger partial charge in [-0.2, -0.15) is 0 Å². The fraction of sp³-hybridized carbons (Fsp3) is 0.174. The van der Waals surface area contributed by atoms with Gasteiger partial charge in [0.2, 0.25) is 0 Å². The maximum absolute atomic E-state index is 12.9. The number of hydrogen-bond acceptors (Lipinski definition) is 7. The highest BCUT2D eigenvalue weighted by atomic mass is 32.2. The van der Waals surface area contributed by atoms with Gasteiger partial charge in [-0.15, -0.1) is 0 Å². The van der Waals surface area contributed by atoms with Gasteiger partial charge in [-0.05, 0) is 61.5 Å². The Balaban J connectivity index is 1.75. The number of anilines is 2. The number of carbonyl (C=O) groups excluding carboxylic acids is 1. The molecule has 9 nitrogen and oxygen atoms in total. The van der Waals surface area contributed by atoms with E-state index in [0.29, 0.717) is 17.2 Å². The third-order valence-electron chi connectivity index (χ3n) is 4.63. The number of carbonyl (C=O) groups is 1. The van der Waals surface area contributed by atoms with Crippen molar-refractivity contribution in [2.45, 2.75) is 17.9 Å². The Hall–Kier alpha value is -3.92. The van der Waals surface area contributed by atoms with Gasteiger partial charge in [0.1, 0.15) is 23.0 Å². The van der Waals surface area contributed by atoms with Crippen molar-refractivity contribution in [2.24, 2.45) is 0 Å². The predicted octanol–water partition coefficient (Wildman–Crippen LogP) is 3.62. The summed E-state index contributed by atoms with van der Waals surface area (Å²) in [6.45, 7) is 1.53. The number of rotatable bonds is 9. The van der Waals surface area contributed by atoms with Crippen molar-refractivity contribution in [1.29, 1.82) is 0 Å². The Bertz CT molecular complexity index is 1230. The maximum Gasteiger partial charge on any atom is 0.265 e. The van der Waals surface area contributed by atoms with E-state index in [0.717, 1.165) is 6.07 Å². The molecular weight excluding hydrogens is 448 g/mol. The van der Waals surface area contributed by atoms with E-state index >= 15 is 0 Å². The zero-order chi connectivity index (χ0) is 24.0. The summed E-state index contributed by atoms with van der Waals surface area (Å²) in [5.74, 6) is 0.562. The number of sulfonamides is 1. The average molecular weight is 473 g/mol. The molecule has 0 aliphatic heterocycles. The number of ether oxygens (including phenoxy) is 3. The normalized spacial score (nSPS) is 11.8. The molecule has 1 atom stereocenters. The molecule has 0 radical (unpaired) electrons. The van der Waals surface area contributed by atoms with Crippen molar-refractivity contribution < 1.29 is 32.5 Å². The number of para-hydroxylation sites is 2. The Kier molecular flexibility index (Phi) is 7.29. The van der Waals surface area contributed by atoms with Crippen LogP contribution in [0, 0.1) is 0 Å². The summed E-state index contributed by atoms with van der Waals surface area (Å²) in [7, 11) is -1.06. The van der Waals surface area contributed by atoms with Gasteiger partial charge in [0.15, 0.2) is 6.10 Å². The molecule has 174 valence electrons. The van der Waals surface area contributed by atoms with E-state index in [-0.39, 0.29) is 22.0 Å². The monoisotopic (exact) mass is 472 g/mol. The molecule has 0 heterocycles. The molecular formula is C23H24N2O7S. The lowest BCUT2D eigenvalue weighted by Crippen LogP contribution is -2.30. The molecule has 1 amide bonds. The Morgan fingerprint density at radius 2 is 1.58 bits per heavy atom. The second kappa shape index (κ2) is 10.1. The lowest BCUT2D eigenvalue weighted by molar-refractivity contribution is -0.122. The van der Waals surface area contributed by atoms with Crippen LogP contribution in [0.3, 0.4) is 0 Å². The van der Waals surface area contributed by atoms with Gasteiger partial charge in [0, 0.05) is 0 Å². The molecule has 3 aromatic carbocycles. The highest BCUT2D eigenvalue weighted by Gasteiger charge is 2.21. The highest BCUT2D eigenvalue weighted by molar-refractivity contribution is 7.92. The first-order chi connectivity index (χ1) is 15.7. The number of phenolic OH excluding ortho intramolecular Hbond substituents is 1. The number of hydrogen-bond donors (Lipinski definition) is 3. The van der Waals surface area contributed by atoms with E-state index in [4.69, 9.17) is 14.2 Å². The first-order valence-corrected chi connectivity index (χ1v) is 11.3. The molecule has 3 aromatic rings. The fourth-order valence-corrected chi connectivity index (χ4v) is 3.96. The molecule has 0 spiro atoms. The summed E-state index contributed by atoms with van der Waals surface area (Å²) in [4.78, 5) is 12.4. The van der Waals surface area contributed by atoms with Crippen molar-refractivity contribution in [3.05, 3.63) is 66.7 Å². The van der Waals surface area contributed by atoms with E-state index in [1.165, 1.54) is 26.2 Å². The number of phenols is 1. The molecule has 0 fully saturated rings. The van der Waals surface area contributed by atoms with Crippen LogP contribution >= 0.6 is 0 Å². The third kappa shape index (κ3) is 5.86. The minimum Gasteiger partial charge on any atom is -0.506 e. The van der Waals surface area contributed by atoms with Gasteiger partial charge < -0.3 is 24.6 Å². The Morgan fingerprint density at radius 1 is 0.909 bits per heavy atom. The topological polar surface area (TPSA) is 123 Å². The molecule has 3 rings (SSSR count). The van der Waals surface area contributed by atoms with Crippen molar-refractivity contribution in [3.63, 3.8) is 0 Å². The van der Waals surface area contributed by atoms with Gasteiger partial charge in [0.25, 0.3) is 15.9 Å². The van der Waals surface area contributed by atoms with Crippen molar-refractivity contribution in [3.8, 4) is 23.0 Å². The summed E-state index contributed by atoms with van der Waals surface area (Å²) in [6, 6.07) is 16.8. The van der Waals surface area contributed by atoms with Crippen LogP contribution in [0.25, 0.3) is 0 Å². The van der Waals surface area contributed by atoms with Crippen LogP contribution in [-0.2, 0) is 14.8 Å². The summed E-state index contributed by atoms with van der Waals surface area (Å²) >= 11 is 0. The summed E-state index contributed by atoms with van der Waals surface area (Å²) < 4.78 is 44.0. The van der Waals surface area contributed by atoms with Crippen LogP contribution in [0.1, 0.15) is 6.92 Å². The van der Waals surface area contributed by atoms with Gasteiger partial charge in [0.05, 0.1) is 30.5 Å². The molecule has 0 aliphatic rings. The summed E-state index contributed by atoms with van der Waals surface area (Å²) in [5, 5.41) is 12.6. The molecule has 0 aromatic heterocycles. The van der Waals surface area contributed by atoms with Crippen LogP contribution in [0.4, 0.5) is 11.4 Å². The molecule has 0 aliphatic carbocycles. The summed E-state index contributed by atoms with van der Waals surface area (Å²) in [5.41, 5.74) is 0.174. The maximum atomic E-state index is 12.9. The second-order valence-electron chi connectivity index (χ2n) is 6.91. The zero-order valence-electron chi connectivity index (χ0n) is 18.2. The summed E-state index contributed by atoms with van der Waals surface area (Å²) in [6.07, 6.45) is -0.926. The van der Waals surface area contributed by atoms with E-state index in [2.05, 4.69) is 10.0 Å². The molecule has 0 saturated carbocycles. The van der Waals surface area contributed by atoms with Gasteiger partial charge >= 0.3 is 0 Å². The lowest BCUT2D eigenvalue weighted by atomic mass is 10.2. The molecule has 0 saturated heterocycles. The highest BCUT2D eigenvalue weighted by Crippen LogP contribution is 2.30. The van der Waals surface area contributed by atoms with Crippen LogP contribution in [0.15, 0.2) is 71.6 Å². The van der Waals surface area contributed by atoms with E-state index in [1.807, 2.05) is 0 Å². The minimum absolute atomic E-state index is 0.0758. The van der Waals surface area contributed by atoms with Crippen LogP contribution < -0.4 is 24.2 Å². The number of aromatic hydroxyl groups is 1. The Labute approximate surface area is 192 Å². The smallest absolute Gasteiger partial charge is 0.265 e. The predicted molar refractivity (Wildman–Crippen MR) is 124 cm³/mol. The average Bonchev–Trinajstić information content (AvgIpc) is 2.81. The van der Waals surface area contributed by atoms with Crippen LogP contribution in [0.5, 0.6) is 23.0 Å². The van der Waals surface area contributed by atoms with Gasteiger partial charge in [-0.25, -0.2) is 8.42 Å². The molecule has 0 bridgehead atoms. The van der Waals surface area contributed by atoms with Crippen molar-refractivity contribution in [2.75, 3.05) is 24.3 Å². The van der Waals surface area contributed by atoms with Crippen LogP contribution in [0.2, 0.25) is 0 Å². The fourth-order valence-electron chi connectivity index (χ4n) is 2.86. The van der Waals surface area contributed by atoms with Crippen molar-refractivity contribution >= 4 is 27.3 Å². The third-order valence-corrected chi connectivity index (χ3v) is 5.99. The second-order valence-corrected chi connectivity index (χ2v) is 8.59. The first kappa shape index (κ1) is 23.7. The molecule has 33 heavy (non-hydrogen) atoms. The van der Waals surface area contributed by atoms with E-state index in [9.17, 15) is 18.3 Å².